The number of hydrogen-bond donors (Lipinski definition) is 1. The first-order chi connectivity index (χ1) is 9.39. The molecule has 0 unspecified atom stereocenters. The number of nitrogens with one attached hydrogen (secondary N) is 1. The fourth-order valence-corrected chi connectivity index (χ4v) is 3.79. The van der Waals surface area contributed by atoms with Gasteiger partial charge in [0.15, 0.2) is 9.84 Å². The van der Waals surface area contributed by atoms with Crippen LogP contribution >= 0.6 is 11.8 Å². The van der Waals surface area contributed by atoms with E-state index in [1.165, 1.54) is 12.1 Å². The molecule has 2 rings (SSSR count). The number of rotatable bonds is 2. The maximum absolute atomic E-state index is 13.7. The molecule has 0 spiro atoms. The van der Waals surface area contributed by atoms with Gasteiger partial charge in [-0.05, 0) is 12.1 Å². The number of hydrogen-bond acceptors (Lipinski definition) is 4. The summed E-state index contributed by atoms with van der Waals surface area (Å²) < 4.78 is 36.9. The van der Waals surface area contributed by atoms with Gasteiger partial charge < -0.3 is 10.2 Å². The fraction of sp³-hybridized carbons (Fsp3) is 0.417. The number of halogens is 1. The molecular weight excluding hydrogens is 303 g/mol. The molecule has 8 heteroatoms. The number of carbonyl (C=O) groups is 1. The molecular formula is C12H15FN2O3S2. The molecule has 1 saturated heterocycles. The second kappa shape index (κ2) is 6.01. The van der Waals surface area contributed by atoms with E-state index in [1.807, 2.05) is 0 Å². The van der Waals surface area contributed by atoms with E-state index in [1.54, 1.807) is 16.7 Å². The van der Waals surface area contributed by atoms with Gasteiger partial charge in [0, 0.05) is 30.9 Å². The molecule has 5 nitrogen and oxygen atoms in total. The highest BCUT2D eigenvalue weighted by Crippen LogP contribution is 2.25. The molecule has 0 aliphatic carbocycles. The van der Waals surface area contributed by atoms with Crippen LogP contribution in [-0.2, 0) is 9.84 Å². The smallest absolute Gasteiger partial charge is 0.321 e. The van der Waals surface area contributed by atoms with Crippen LogP contribution in [0.25, 0.3) is 0 Å². The van der Waals surface area contributed by atoms with Crippen LogP contribution in [-0.4, -0.2) is 50.2 Å². The average molecular weight is 318 g/mol. The summed E-state index contributed by atoms with van der Waals surface area (Å²) in [6.45, 7) is 1.19. The third-order valence-electron chi connectivity index (χ3n) is 2.88. The van der Waals surface area contributed by atoms with Crippen molar-refractivity contribution in [3.63, 3.8) is 0 Å². The van der Waals surface area contributed by atoms with Gasteiger partial charge in [-0.3, -0.25) is 0 Å². The van der Waals surface area contributed by atoms with Crippen LogP contribution in [0.4, 0.5) is 14.9 Å². The van der Waals surface area contributed by atoms with Crippen molar-refractivity contribution in [1.82, 2.24) is 4.90 Å². The highest BCUT2D eigenvalue weighted by molar-refractivity contribution is 7.99. The topological polar surface area (TPSA) is 66.5 Å². The third kappa shape index (κ3) is 3.43. The molecule has 0 aromatic heterocycles. The van der Waals surface area contributed by atoms with Crippen LogP contribution in [0.5, 0.6) is 0 Å². The summed E-state index contributed by atoms with van der Waals surface area (Å²) in [4.78, 5) is 13.2. The molecule has 0 saturated carbocycles. The van der Waals surface area contributed by atoms with Gasteiger partial charge in [-0.1, -0.05) is 6.07 Å². The molecule has 0 radical (unpaired) electrons. The van der Waals surface area contributed by atoms with Gasteiger partial charge in [0.05, 0.1) is 5.69 Å². The molecule has 1 heterocycles. The van der Waals surface area contributed by atoms with Crippen molar-refractivity contribution in [2.45, 2.75) is 4.90 Å². The van der Waals surface area contributed by atoms with Crippen LogP contribution in [0, 0.1) is 5.82 Å². The van der Waals surface area contributed by atoms with Crippen LogP contribution in [0.1, 0.15) is 0 Å². The lowest BCUT2D eigenvalue weighted by Crippen LogP contribution is -2.40. The van der Waals surface area contributed by atoms with Crippen molar-refractivity contribution in [2.75, 3.05) is 36.2 Å². The first kappa shape index (κ1) is 15.1. The summed E-state index contributed by atoms with van der Waals surface area (Å²) in [6, 6.07) is 3.41. The minimum atomic E-state index is -3.75. The van der Waals surface area contributed by atoms with Crippen LogP contribution in [0.2, 0.25) is 0 Å². The monoisotopic (exact) mass is 318 g/mol. The highest BCUT2D eigenvalue weighted by Gasteiger charge is 2.22. The van der Waals surface area contributed by atoms with Crippen molar-refractivity contribution in [3.05, 3.63) is 24.0 Å². The molecule has 2 amide bonds. The summed E-state index contributed by atoms with van der Waals surface area (Å²) in [6.07, 6.45) is 0.915. The molecule has 20 heavy (non-hydrogen) atoms. The second-order valence-corrected chi connectivity index (χ2v) is 7.60. The van der Waals surface area contributed by atoms with Crippen molar-refractivity contribution >= 4 is 33.3 Å². The molecule has 1 N–H and O–H groups in total. The predicted molar refractivity (Wildman–Crippen MR) is 77.4 cm³/mol. The highest BCUT2D eigenvalue weighted by atomic mass is 32.2. The largest absolute Gasteiger partial charge is 0.323 e. The number of sulfone groups is 1. The van der Waals surface area contributed by atoms with E-state index in [9.17, 15) is 17.6 Å². The van der Waals surface area contributed by atoms with E-state index in [0.29, 0.717) is 13.1 Å². The van der Waals surface area contributed by atoms with Gasteiger partial charge in [-0.15, -0.1) is 0 Å². The number of nitrogens with zero attached hydrogens (tertiary/aromatic N) is 1. The molecule has 0 atom stereocenters. The van der Waals surface area contributed by atoms with E-state index in [0.717, 1.165) is 23.8 Å². The number of benzene rings is 1. The van der Waals surface area contributed by atoms with Gasteiger partial charge in [0.25, 0.3) is 0 Å². The van der Waals surface area contributed by atoms with Gasteiger partial charge in [-0.2, -0.15) is 11.8 Å². The Morgan fingerprint density at radius 3 is 2.60 bits per heavy atom. The minimum Gasteiger partial charge on any atom is -0.323 e. The zero-order valence-electron chi connectivity index (χ0n) is 10.9. The Labute approximate surface area is 121 Å². The second-order valence-electron chi connectivity index (χ2n) is 4.42. The SMILES string of the molecule is CS(=O)(=O)c1c(F)cccc1NC(=O)N1CCSCC1. The van der Waals surface area contributed by atoms with E-state index >= 15 is 0 Å². The predicted octanol–water partition coefficient (Wildman–Crippen LogP) is 1.81. The van der Waals surface area contributed by atoms with Crippen molar-refractivity contribution in [2.24, 2.45) is 0 Å². The Hall–Kier alpha value is -1.28. The zero-order chi connectivity index (χ0) is 14.8. The Bertz CT molecular complexity index is 613. The first-order valence-electron chi connectivity index (χ1n) is 6.02. The van der Waals surface area contributed by atoms with E-state index < -0.39 is 26.6 Å². The summed E-state index contributed by atoms with van der Waals surface area (Å²) in [7, 11) is -3.75. The maximum atomic E-state index is 13.7. The molecule has 1 aromatic rings. The van der Waals surface area contributed by atoms with Gasteiger partial charge in [0.1, 0.15) is 10.7 Å². The maximum Gasteiger partial charge on any atom is 0.321 e. The Balaban J connectivity index is 2.25. The van der Waals surface area contributed by atoms with Crippen molar-refractivity contribution in [1.29, 1.82) is 0 Å². The number of urea groups is 1. The summed E-state index contributed by atoms with van der Waals surface area (Å²) in [5.41, 5.74) is -0.0178. The van der Waals surface area contributed by atoms with Crippen LogP contribution < -0.4 is 5.32 Å². The first-order valence-corrected chi connectivity index (χ1v) is 9.06. The van der Waals surface area contributed by atoms with Gasteiger partial charge >= 0.3 is 6.03 Å². The Morgan fingerprint density at radius 2 is 2.00 bits per heavy atom. The quantitative estimate of drug-likeness (QED) is 0.903. The third-order valence-corrected chi connectivity index (χ3v) is 4.98. The number of amides is 2. The Morgan fingerprint density at radius 1 is 1.35 bits per heavy atom. The molecule has 110 valence electrons. The lowest BCUT2D eigenvalue weighted by Gasteiger charge is -2.26. The standard InChI is InChI=1S/C12H15FN2O3S2/c1-20(17,18)11-9(13)3-2-4-10(11)14-12(16)15-5-7-19-8-6-15/h2-4H,5-8H2,1H3,(H,14,16). The minimum absolute atomic E-state index is 0.0178. The number of thioether (sulfide) groups is 1. The summed E-state index contributed by atoms with van der Waals surface area (Å²) in [5, 5.41) is 2.49. The van der Waals surface area contributed by atoms with E-state index in [2.05, 4.69) is 5.32 Å². The van der Waals surface area contributed by atoms with E-state index in [-0.39, 0.29) is 5.69 Å². The van der Waals surface area contributed by atoms with Crippen LogP contribution in [0.3, 0.4) is 0 Å². The number of carbonyl (C=O) groups excluding carboxylic acids is 1. The summed E-state index contributed by atoms with van der Waals surface area (Å²) in [5.74, 6) is 0.824. The zero-order valence-corrected chi connectivity index (χ0v) is 12.6. The van der Waals surface area contributed by atoms with Gasteiger partial charge in [-0.25, -0.2) is 17.6 Å². The van der Waals surface area contributed by atoms with Gasteiger partial charge in [0.2, 0.25) is 0 Å². The molecule has 1 fully saturated rings. The van der Waals surface area contributed by atoms with Crippen molar-refractivity contribution < 1.29 is 17.6 Å². The average Bonchev–Trinajstić information content (AvgIpc) is 2.38. The van der Waals surface area contributed by atoms with Crippen LogP contribution in [0.15, 0.2) is 23.1 Å². The van der Waals surface area contributed by atoms with E-state index in [4.69, 9.17) is 0 Å². The lowest BCUT2D eigenvalue weighted by atomic mass is 10.3. The number of anilines is 1. The molecule has 1 aromatic carbocycles. The fourth-order valence-electron chi connectivity index (χ4n) is 1.94. The molecule has 0 bridgehead atoms. The Kier molecular flexibility index (Phi) is 4.54. The molecule has 1 aliphatic heterocycles. The summed E-state index contributed by atoms with van der Waals surface area (Å²) >= 11 is 1.75. The molecule has 1 aliphatic rings. The lowest BCUT2D eigenvalue weighted by molar-refractivity contribution is 0.217. The normalized spacial score (nSPS) is 16.0. The van der Waals surface area contributed by atoms with Crippen molar-refractivity contribution in [3.8, 4) is 0 Å².